The second kappa shape index (κ2) is 3.67. The smallest absolute Gasteiger partial charge is 0.221 e. The first kappa shape index (κ1) is 9.19. The Balaban J connectivity index is 2.63. The highest BCUT2D eigenvalue weighted by Gasteiger charge is 2.34. The van der Waals surface area contributed by atoms with E-state index in [2.05, 4.69) is 10.6 Å². The molecule has 1 saturated heterocycles. The van der Waals surface area contributed by atoms with E-state index in [4.69, 9.17) is 0 Å². The number of aldehydes is 1. The summed E-state index contributed by atoms with van der Waals surface area (Å²) >= 11 is 0. The molecule has 1 atom stereocenters. The first-order valence-corrected chi connectivity index (χ1v) is 4.10. The standard InChI is InChI=1S/C8H14N2O2/c1-9-5-8(6-11)2-3-10-7(12)4-8/h6,9H,2-5H2,1H3,(H,10,12). The van der Waals surface area contributed by atoms with E-state index in [9.17, 15) is 9.59 Å². The number of rotatable bonds is 3. The Bertz CT molecular complexity index is 189. The van der Waals surface area contributed by atoms with Crippen LogP contribution in [0.2, 0.25) is 0 Å². The highest BCUT2D eigenvalue weighted by atomic mass is 16.2. The average molecular weight is 170 g/mol. The lowest BCUT2D eigenvalue weighted by Gasteiger charge is -2.31. The molecule has 0 spiro atoms. The molecule has 0 saturated carbocycles. The maximum atomic E-state index is 11.0. The Kier molecular flexibility index (Phi) is 2.81. The van der Waals surface area contributed by atoms with Crippen molar-refractivity contribution in [1.82, 2.24) is 10.6 Å². The lowest BCUT2D eigenvalue weighted by atomic mass is 9.80. The van der Waals surface area contributed by atoms with Gasteiger partial charge in [-0.1, -0.05) is 0 Å². The van der Waals surface area contributed by atoms with Crippen LogP contribution in [0.5, 0.6) is 0 Å². The van der Waals surface area contributed by atoms with Crippen LogP contribution in [-0.4, -0.2) is 32.3 Å². The summed E-state index contributed by atoms with van der Waals surface area (Å²) in [5, 5.41) is 5.64. The van der Waals surface area contributed by atoms with E-state index in [0.717, 1.165) is 12.7 Å². The predicted octanol–water partition coefficient (Wildman–Crippen LogP) is -0.699. The molecule has 68 valence electrons. The second-order valence-electron chi connectivity index (χ2n) is 3.29. The van der Waals surface area contributed by atoms with E-state index in [1.807, 2.05) is 0 Å². The van der Waals surface area contributed by atoms with Crippen LogP contribution in [0, 0.1) is 5.41 Å². The summed E-state index contributed by atoms with van der Waals surface area (Å²) in [6.07, 6.45) is 1.96. The number of hydrogen-bond acceptors (Lipinski definition) is 3. The van der Waals surface area contributed by atoms with Gasteiger partial charge in [0.2, 0.25) is 5.91 Å². The molecule has 0 aromatic carbocycles. The van der Waals surface area contributed by atoms with Gasteiger partial charge in [0.1, 0.15) is 6.29 Å². The van der Waals surface area contributed by atoms with Gasteiger partial charge in [-0.2, -0.15) is 0 Å². The number of carbonyl (C=O) groups excluding carboxylic acids is 2. The first-order chi connectivity index (χ1) is 5.72. The molecule has 0 radical (unpaired) electrons. The summed E-state index contributed by atoms with van der Waals surface area (Å²) in [4.78, 5) is 21.8. The Hall–Kier alpha value is -0.900. The number of nitrogens with one attached hydrogen (secondary N) is 2. The molecule has 1 aliphatic heterocycles. The van der Waals surface area contributed by atoms with Gasteiger partial charge in [0.25, 0.3) is 0 Å². The zero-order valence-electron chi connectivity index (χ0n) is 7.22. The molecule has 0 aromatic rings. The van der Waals surface area contributed by atoms with E-state index in [0.29, 0.717) is 19.5 Å². The van der Waals surface area contributed by atoms with Crippen LogP contribution in [0.25, 0.3) is 0 Å². The van der Waals surface area contributed by atoms with Gasteiger partial charge in [-0.05, 0) is 13.5 Å². The average Bonchev–Trinajstić information content (AvgIpc) is 2.05. The number of carbonyl (C=O) groups is 2. The minimum atomic E-state index is -0.461. The lowest BCUT2D eigenvalue weighted by molar-refractivity contribution is -0.131. The molecular formula is C8H14N2O2. The van der Waals surface area contributed by atoms with E-state index < -0.39 is 5.41 Å². The summed E-state index contributed by atoms with van der Waals surface area (Å²) in [5.41, 5.74) is -0.461. The normalized spacial score (nSPS) is 29.6. The van der Waals surface area contributed by atoms with Gasteiger partial charge < -0.3 is 15.4 Å². The van der Waals surface area contributed by atoms with Crippen LogP contribution >= 0.6 is 0 Å². The number of piperidine rings is 1. The number of amides is 1. The quantitative estimate of drug-likeness (QED) is 0.551. The van der Waals surface area contributed by atoms with Crippen molar-refractivity contribution in [2.45, 2.75) is 12.8 Å². The van der Waals surface area contributed by atoms with Crippen molar-refractivity contribution in [1.29, 1.82) is 0 Å². The Morgan fingerprint density at radius 2 is 2.50 bits per heavy atom. The molecule has 2 N–H and O–H groups in total. The monoisotopic (exact) mass is 170 g/mol. The maximum absolute atomic E-state index is 11.0. The van der Waals surface area contributed by atoms with Gasteiger partial charge in [-0.15, -0.1) is 0 Å². The van der Waals surface area contributed by atoms with Gasteiger partial charge in [0, 0.05) is 24.9 Å². The highest BCUT2D eigenvalue weighted by molar-refractivity contribution is 5.82. The van der Waals surface area contributed by atoms with Crippen LogP contribution < -0.4 is 10.6 Å². The van der Waals surface area contributed by atoms with Crippen LogP contribution in [0.1, 0.15) is 12.8 Å². The van der Waals surface area contributed by atoms with Crippen molar-refractivity contribution in [2.75, 3.05) is 20.1 Å². The summed E-state index contributed by atoms with van der Waals surface area (Å²) in [5.74, 6) is -0.0244. The molecule has 1 rings (SSSR count). The SMILES string of the molecule is CNCC1(C=O)CCNC(=O)C1. The highest BCUT2D eigenvalue weighted by Crippen LogP contribution is 2.25. The van der Waals surface area contributed by atoms with Crippen LogP contribution in [0.3, 0.4) is 0 Å². The van der Waals surface area contributed by atoms with Crippen molar-refractivity contribution in [2.24, 2.45) is 5.41 Å². The molecule has 0 bridgehead atoms. The van der Waals surface area contributed by atoms with Crippen molar-refractivity contribution in [3.63, 3.8) is 0 Å². The van der Waals surface area contributed by atoms with Crippen molar-refractivity contribution in [3.05, 3.63) is 0 Å². The molecule has 1 amide bonds. The summed E-state index contributed by atoms with van der Waals surface area (Å²) in [6, 6.07) is 0. The largest absolute Gasteiger partial charge is 0.356 e. The molecule has 1 aliphatic rings. The minimum absolute atomic E-state index is 0.0244. The van der Waals surface area contributed by atoms with Crippen LogP contribution in [0.4, 0.5) is 0 Å². The number of hydrogen-bond donors (Lipinski definition) is 2. The molecule has 4 nitrogen and oxygen atoms in total. The van der Waals surface area contributed by atoms with E-state index in [1.165, 1.54) is 0 Å². The molecule has 0 aromatic heterocycles. The second-order valence-corrected chi connectivity index (χ2v) is 3.29. The van der Waals surface area contributed by atoms with Crippen molar-refractivity contribution < 1.29 is 9.59 Å². The van der Waals surface area contributed by atoms with E-state index in [-0.39, 0.29) is 5.91 Å². The van der Waals surface area contributed by atoms with Gasteiger partial charge in [-0.25, -0.2) is 0 Å². The molecule has 1 fully saturated rings. The lowest BCUT2D eigenvalue weighted by Crippen LogP contribution is -2.46. The fourth-order valence-corrected chi connectivity index (χ4v) is 1.57. The third-order valence-electron chi connectivity index (χ3n) is 2.24. The molecule has 1 unspecified atom stereocenters. The summed E-state index contributed by atoms with van der Waals surface area (Å²) < 4.78 is 0. The zero-order valence-corrected chi connectivity index (χ0v) is 7.22. The third kappa shape index (κ3) is 1.82. The summed E-state index contributed by atoms with van der Waals surface area (Å²) in [6.45, 7) is 1.20. The fraction of sp³-hybridized carbons (Fsp3) is 0.750. The third-order valence-corrected chi connectivity index (χ3v) is 2.24. The molecule has 1 heterocycles. The summed E-state index contributed by atoms with van der Waals surface area (Å²) in [7, 11) is 1.79. The predicted molar refractivity (Wildman–Crippen MR) is 44.7 cm³/mol. The zero-order chi connectivity index (χ0) is 9.03. The molecule has 0 aliphatic carbocycles. The van der Waals surface area contributed by atoms with E-state index >= 15 is 0 Å². The van der Waals surface area contributed by atoms with Crippen molar-refractivity contribution in [3.8, 4) is 0 Å². The maximum Gasteiger partial charge on any atom is 0.221 e. The molecule has 4 heteroatoms. The van der Waals surface area contributed by atoms with Crippen LogP contribution in [0.15, 0.2) is 0 Å². The van der Waals surface area contributed by atoms with Gasteiger partial charge in [0.15, 0.2) is 0 Å². The van der Waals surface area contributed by atoms with Gasteiger partial charge in [0.05, 0.1) is 0 Å². The van der Waals surface area contributed by atoms with Gasteiger partial charge >= 0.3 is 0 Å². The Labute approximate surface area is 71.7 Å². The Morgan fingerprint density at radius 1 is 1.75 bits per heavy atom. The topological polar surface area (TPSA) is 58.2 Å². The minimum Gasteiger partial charge on any atom is -0.356 e. The van der Waals surface area contributed by atoms with Crippen molar-refractivity contribution >= 4 is 12.2 Å². The fourth-order valence-electron chi connectivity index (χ4n) is 1.57. The van der Waals surface area contributed by atoms with E-state index in [1.54, 1.807) is 7.05 Å². The molecule has 12 heavy (non-hydrogen) atoms. The van der Waals surface area contributed by atoms with Gasteiger partial charge in [-0.3, -0.25) is 4.79 Å². The first-order valence-electron chi connectivity index (χ1n) is 4.10. The van der Waals surface area contributed by atoms with Crippen LogP contribution in [-0.2, 0) is 9.59 Å². The Morgan fingerprint density at radius 3 is 3.00 bits per heavy atom. The molecular weight excluding hydrogens is 156 g/mol.